The zero-order chi connectivity index (χ0) is 28.8. The largest absolute Gasteiger partial charge is 0.390 e. The Morgan fingerprint density at radius 3 is 2.62 bits per heavy atom. The van der Waals surface area contributed by atoms with Gasteiger partial charge >= 0.3 is 0 Å². The number of aromatic nitrogens is 4. The van der Waals surface area contributed by atoms with Gasteiger partial charge in [0.2, 0.25) is 16.0 Å². The molecule has 13 heteroatoms. The summed E-state index contributed by atoms with van der Waals surface area (Å²) in [4.78, 5) is 19.2. The number of aliphatic hydroxyl groups excluding tert-OH is 2. The molecule has 5 rings (SSSR count). The number of aryl methyl sites for hydroxylation is 2. The molecule has 2 aliphatic carbocycles. The lowest BCUT2D eigenvalue weighted by Crippen LogP contribution is -2.38. The van der Waals surface area contributed by atoms with E-state index in [4.69, 9.17) is 15.0 Å². The summed E-state index contributed by atoms with van der Waals surface area (Å²) in [7, 11) is -1.94. The predicted molar refractivity (Wildman–Crippen MR) is 158 cm³/mol. The highest BCUT2D eigenvalue weighted by Gasteiger charge is 2.43. The number of hydrogen-bond acceptors (Lipinski definition) is 11. The molecule has 0 bridgehead atoms. The first kappa shape index (κ1) is 29.1. The molecule has 2 fully saturated rings. The van der Waals surface area contributed by atoms with Crippen molar-refractivity contribution in [3.63, 3.8) is 0 Å². The third kappa shape index (κ3) is 6.08. The number of nitrogens with one attached hydrogen (secondary N) is 2. The van der Waals surface area contributed by atoms with Crippen molar-refractivity contribution in [1.82, 2.24) is 24.2 Å². The van der Waals surface area contributed by atoms with Gasteiger partial charge in [0.15, 0.2) is 0 Å². The van der Waals surface area contributed by atoms with Gasteiger partial charge in [-0.25, -0.2) is 22.7 Å². The number of pyridine rings is 1. The van der Waals surface area contributed by atoms with Gasteiger partial charge in [0.05, 0.1) is 40.1 Å². The van der Waals surface area contributed by atoms with E-state index in [0.29, 0.717) is 24.1 Å². The minimum atomic E-state index is -3.42. The molecule has 40 heavy (non-hydrogen) atoms. The molecule has 218 valence electrons. The molecular weight excluding hydrogens is 550 g/mol. The summed E-state index contributed by atoms with van der Waals surface area (Å²) in [5.41, 5.74) is 3.32. The lowest BCUT2D eigenvalue weighted by atomic mass is 10.1. The molecule has 0 aliphatic heterocycles. The maximum Gasteiger partial charge on any atom is 0.225 e. The molecule has 0 unspecified atom stereocenters. The van der Waals surface area contributed by atoms with Crippen LogP contribution in [0.1, 0.15) is 50.9 Å². The Bertz CT molecular complexity index is 1480. The van der Waals surface area contributed by atoms with Gasteiger partial charge in [-0.15, -0.1) is 11.3 Å². The van der Waals surface area contributed by atoms with Crippen LogP contribution in [-0.4, -0.2) is 87.0 Å². The number of rotatable bonds is 11. The normalized spacial score (nSPS) is 24.1. The van der Waals surface area contributed by atoms with Gasteiger partial charge < -0.3 is 20.8 Å². The minimum Gasteiger partial charge on any atom is -0.390 e. The van der Waals surface area contributed by atoms with Gasteiger partial charge in [-0.05, 0) is 51.5 Å². The van der Waals surface area contributed by atoms with Crippen LogP contribution in [0.5, 0.6) is 0 Å². The van der Waals surface area contributed by atoms with Crippen LogP contribution < -0.4 is 10.6 Å². The summed E-state index contributed by atoms with van der Waals surface area (Å²) in [6.07, 6.45) is 5.31. The maximum atomic E-state index is 12.0. The summed E-state index contributed by atoms with van der Waals surface area (Å²) in [5.74, 6) is 1.19. The molecule has 3 aromatic heterocycles. The molecule has 3 heterocycles. The zero-order valence-corrected chi connectivity index (χ0v) is 25.3. The second-order valence-corrected chi connectivity index (χ2v) is 14.4. The summed E-state index contributed by atoms with van der Waals surface area (Å²) >= 11 is 1.55. The van der Waals surface area contributed by atoms with Crippen molar-refractivity contribution in [2.45, 2.75) is 77.2 Å². The van der Waals surface area contributed by atoms with Crippen molar-refractivity contribution in [3.05, 3.63) is 23.7 Å². The third-order valence-electron chi connectivity index (χ3n) is 8.04. The van der Waals surface area contributed by atoms with E-state index in [0.717, 1.165) is 51.3 Å². The van der Waals surface area contributed by atoms with E-state index in [9.17, 15) is 18.6 Å². The van der Waals surface area contributed by atoms with E-state index in [-0.39, 0.29) is 12.6 Å². The Morgan fingerprint density at radius 2 is 1.95 bits per heavy atom. The molecule has 4 N–H and O–H groups in total. The van der Waals surface area contributed by atoms with Gasteiger partial charge in [-0.2, -0.15) is 4.98 Å². The van der Waals surface area contributed by atoms with Crippen molar-refractivity contribution in [3.8, 4) is 10.6 Å². The van der Waals surface area contributed by atoms with Crippen LogP contribution in [0.15, 0.2) is 12.3 Å². The minimum absolute atomic E-state index is 0.113. The van der Waals surface area contributed by atoms with Crippen LogP contribution in [0.3, 0.4) is 0 Å². The van der Waals surface area contributed by atoms with Crippen molar-refractivity contribution >= 4 is 43.3 Å². The SMILES string of the molecule is CCCc1nccc2sc(-c3c(C)nc(N[C@H](C)C4CC4)nc3N[C@@H]3C[C@H](CN(C)S(C)(=O)=O)[C@@H](O)[C@H]3O)nc12. The van der Waals surface area contributed by atoms with Crippen molar-refractivity contribution in [2.24, 2.45) is 11.8 Å². The van der Waals surface area contributed by atoms with Crippen LogP contribution >= 0.6 is 11.3 Å². The number of hydrogen-bond donors (Lipinski definition) is 4. The Labute approximate surface area is 239 Å². The quantitative estimate of drug-likeness (QED) is 0.262. The molecular formula is C27H39N7O4S2. The maximum absolute atomic E-state index is 12.0. The van der Waals surface area contributed by atoms with E-state index in [2.05, 4.69) is 29.5 Å². The highest BCUT2D eigenvalue weighted by atomic mass is 32.2. The average Bonchev–Trinajstić information content (AvgIpc) is 3.60. The molecule has 0 amide bonds. The molecule has 0 spiro atoms. The number of aliphatic hydroxyl groups is 2. The van der Waals surface area contributed by atoms with Crippen molar-refractivity contribution in [2.75, 3.05) is 30.5 Å². The molecule has 0 saturated heterocycles. The van der Waals surface area contributed by atoms with E-state index < -0.39 is 34.2 Å². The average molecular weight is 590 g/mol. The Morgan fingerprint density at radius 1 is 1.20 bits per heavy atom. The van der Waals surface area contributed by atoms with Crippen LogP contribution in [0, 0.1) is 18.8 Å². The fraction of sp³-hybridized carbons (Fsp3) is 0.630. The molecule has 2 saturated carbocycles. The summed E-state index contributed by atoms with van der Waals surface area (Å²) in [6.45, 7) is 6.29. The number of anilines is 2. The number of sulfonamides is 1. The van der Waals surface area contributed by atoms with Gasteiger partial charge in [-0.3, -0.25) is 4.98 Å². The Kier molecular flexibility index (Phi) is 8.31. The first-order valence-corrected chi connectivity index (χ1v) is 16.6. The van der Waals surface area contributed by atoms with Crippen molar-refractivity contribution in [1.29, 1.82) is 0 Å². The summed E-state index contributed by atoms with van der Waals surface area (Å²) in [5, 5.41) is 29.4. The van der Waals surface area contributed by atoms with E-state index >= 15 is 0 Å². The topological polar surface area (TPSA) is 153 Å². The summed E-state index contributed by atoms with van der Waals surface area (Å²) in [6, 6.07) is 1.66. The lowest BCUT2D eigenvalue weighted by molar-refractivity contribution is 0.0148. The number of nitrogens with zero attached hydrogens (tertiary/aromatic N) is 5. The van der Waals surface area contributed by atoms with Crippen LogP contribution in [-0.2, 0) is 16.4 Å². The van der Waals surface area contributed by atoms with Crippen molar-refractivity contribution < 1.29 is 18.6 Å². The molecule has 0 aromatic carbocycles. The predicted octanol–water partition coefficient (Wildman–Crippen LogP) is 3.03. The first-order valence-electron chi connectivity index (χ1n) is 13.9. The molecule has 3 aromatic rings. The smallest absolute Gasteiger partial charge is 0.225 e. The van der Waals surface area contributed by atoms with Crippen LogP contribution in [0.4, 0.5) is 11.8 Å². The zero-order valence-electron chi connectivity index (χ0n) is 23.6. The second kappa shape index (κ2) is 11.4. The van der Waals surface area contributed by atoms with E-state index in [1.807, 2.05) is 19.2 Å². The fourth-order valence-electron chi connectivity index (χ4n) is 5.44. The number of thiazole rings is 1. The van der Waals surface area contributed by atoms with Gasteiger partial charge in [0, 0.05) is 31.7 Å². The highest BCUT2D eigenvalue weighted by Crippen LogP contribution is 2.39. The third-order valence-corrected chi connectivity index (χ3v) is 10.4. The molecule has 2 aliphatic rings. The Hall–Kier alpha value is -2.45. The standard InChI is InChI=1S/C27H39N7O4S2/c1-6-7-18-22-20(10-11-28-18)39-26(32-22)21-15(3)30-27(29-14(2)16-8-9-16)33-25(21)31-19-12-17(23(35)24(19)36)13-34(4)40(5,37)38/h10-11,14,16-17,19,23-24,35-36H,6-9,12-13H2,1-5H3,(H2,29,30,31,33)/t14-,17-,19-,23-,24+/m1/s1. The number of fused-ring (bicyclic) bond motifs is 1. The monoisotopic (exact) mass is 589 g/mol. The molecule has 0 radical (unpaired) electrons. The molecule has 11 nitrogen and oxygen atoms in total. The van der Waals surface area contributed by atoms with E-state index in [1.165, 1.54) is 24.2 Å². The Balaban J connectivity index is 1.50. The van der Waals surface area contributed by atoms with Gasteiger partial charge in [0.25, 0.3) is 0 Å². The lowest BCUT2D eigenvalue weighted by Gasteiger charge is -2.22. The highest BCUT2D eigenvalue weighted by molar-refractivity contribution is 7.88. The van der Waals surface area contributed by atoms with Gasteiger partial charge in [0.1, 0.15) is 22.4 Å². The second-order valence-electron chi connectivity index (χ2n) is 11.3. The van der Waals surface area contributed by atoms with Crippen LogP contribution in [0.25, 0.3) is 20.8 Å². The summed E-state index contributed by atoms with van der Waals surface area (Å²) < 4.78 is 26.2. The van der Waals surface area contributed by atoms with Gasteiger partial charge in [-0.1, -0.05) is 13.3 Å². The van der Waals surface area contributed by atoms with E-state index in [1.54, 1.807) is 11.3 Å². The first-order chi connectivity index (χ1) is 19.0. The molecule has 5 atom stereocenters. The fourth-order valence-corrected chi connectivity index (χ4v) is 6.98. The van der Waals surface area contributed by atoms with Crippen LogP contribution in [0.2, 0.25) is 0 Å².